The van der Waals surface area contributed by atoms with E-state index in [0.29, 0.717) is 18.7 Å². The highest BCUT2D eigenvalue weighted by molar-refractivity contribution is 7.09. The van der Waals surface area contributed by atoms with Crippen LogP contribution in [0.2, 0.25) is 0 Å². The molecule has 2 fully saturated rings. The first-order chi connectivity index (χ1) is 11.8. The summed E-state index contributed by atoms with van der Waals surface area (Å²) in [5.41, 5.74) is 0.661. The van der Waals surface area contributed by atoms with Crippen molar-refractivity contribution in [2.75, 3.05) is 26.2 Å². The zero-order valence-electron chi connectivity index (χ0n) is 13.5. The number of carbonyl (C=O) groups is 1. The fraction of sp³-hybridized carbons (Fsp3) is 0.444. The Morgan fingerprint density at radius 2 is 2.29 bits per heavy atom. The molecule has 1 amide bonds. The van der Waals surface area contributed by atoms with E-state index in [1.165, 1.54) is 4.88 Å². The third kappa shape index (κ3) is 3.22. The number of likely N-dealkylation sites (tertiary alicyclic amines) is 1. The van der Waals surface area contributed by atoms with Crippen LogP contribution in [0.25, 0.3) is 0 Å². The fourth-order valence-corrected chi connectivity index (χ4v) is 4.36. The van der Waals surface area contributed by atoms with Gasteiger partial charge in [-0.15, -0.1) is 11.3 Å². The monoisotopic (exact) mass is 343 g/mol. The number of pyridine rings is 1. The number of hydrogen-bond acceptors (Lipinski definition) is 5. The molecule has 0 saturated carbocycles. The molecule has 5 nitrogen and oxygen atoms in total. The van der Waals surface area contributed by atoms with Crippen molar-refractivity contribution in [1.29, 1.82) is 0 Å². The predicted octanol–water partition coefficient (Wildman–Crippen LogP) is 2.26. The van der Waals surface area contributed by atoms with E-state index < -0.39 is 0 Å². The Kier molecular flexibility index (Phi) is 4.60. The van der Waals surface area contributed by atoms with E-state index in [1.54, 1.807) is 23.7 Å². The van der Waals surface area contributed by atoms with Gasteiger partial charge >= 0.3 is 0 Å². The molecular weight excluding hydrogens is 322 g/mol. The minimum absolute atomic E-state index is 0.0689. The van der Waals surface area contributed by atoms with Crippen LogP contribution in [0.15, 0.2) is 42.0 Å². The molecule has 24 heavy (non-hydrogen) atoms. The molecule has 0 aromatic carbocycles. The molecule has 0 N–H and O–H groups in total. The summed E-state index contributed by atoms with van der Waals surface area (Å²) in [6.45, 7) is 4.12. The second-order valence-electron chi connectivity index (χ2n) is 6.32. The summed E-state index contributed by atoms with van der Waals surface area (Å²) in [5.74, 6) is 0.0689. The predicted molar refractivity (Wildman–Crippen MR) is 93.0 cm³/mol. The van der Waals surface area contributed by atoms with Crippen molar-refractivity contribution in [3.05, 3.63) is 52.5 Å². The van der Waals surface area contributed by atoms with Gasteiger partial charge in [0.1, 0.15) is 0 Å². The van der Waals surface area contributed by atoms with Crippen LogP contribution < -0.4 is 0 Å². The van der Waals surface area contributed by atoms with E-state index in [1.807, 2.05) is 17.0 Å². The molecule has 2 aromatic rings. The molecule has 2 atom stereocenters. The van der Waals surface area contributed by atoms with Crippen molar-refractivity contribution < 1.29 is 9.53 Å². The zero-order valence-corrected chi connectivity index (χ0v) is 14.3. The van der Waals surface area contributed by atoms with Crippen LogP contribution in [0, 0.1) is 0 Å². The smallest absolute Gasteiger partial charge is 0.255 e. The number of rotatable bonds is 3. The summed E-state index contributed by atoms with van der Waals surface area (Å²) in [6, 6.07) is 8.04. The number of nitrogens with zero attached hydrogens (tertiary/aromatic N) is 3. The summed E-state index contributed by atoms with van der Waals surface area (Å²) in [6.07, 6.45) is 4.48. The molecule has 0 aliphatic carbocycles. The molecular formula is C18H21N3O2S. The van der Waals surface area contributed by atoms with Gasteiger partial charge in [-0.1, -0.05) is 6.07 Å². The fourth-order valence-electron chi connectivity index (χ4n) is 3.61. The molecule has 2 aliphatic rings. The van der Waals surface area contributed by atoms with Gasteiger partial charge in [-0.3, -0.25) is 14.7 Å². The standard InChI is InChI=1S/C18H21N3O2S/c22-18(14-3-1-6-19-11-14)21-8-9-23-17-5-7-20(13-16(17)21)12-15-4-2-10-24-15/h1-4,6,10-11,16-17H,5,7-9,12-13H2/t16-,17-/m0/s1. The third-order valence-corrected chi connectivity index (χ3v) is 5.66. The molecule has 2 aliphatic heterocycles. The number of piperidine rings is 1. The minimum atomic E-state index is 0.0689. The van der Waals surface area contributed by atoms with E-state index in [-0.39, 0.29) is 18.1 Å². The first-order valence-electron chi connectivity index (χ1n) is 8.38. The molecule has 4 rings (SSSR count). The van der Waals surface area contributed by atoms with Crippen LogP contribution in [-0.4, -0.2) is 59.1 Å². The molecule has 0 unspecified atom stereocenters. The molecule has 2 aromatic heterocycles. The summed E-state index contributed by atoms with van der Waals surface area (Å²) < 4.78 is 5.95. The van der Waals surface area contributed by atoms with Crippen molar-refractivity contribution in [2.24, 2.45) is 0 Å². The van der Waals surface area contributed by atoms with E-state index >= 15 is 0 Å². The van der Waals surface area contributed by atoms with Crippen molar-refractivity contribution in [1.82, 2.24) is 14.8 Å². The first-order valence-corrected chi connectivity index (χ1v) is 9.26. The van der Waals surface area contributed by atoms with Gasteiger partial charge in [0.05, 0.1) is 24.3 Å². The van der Waals surface area contributed by atoms with Crippen molar-refractivity contribution in [3.8, 4) is 0 Å². The van der Waals surface area contributed by atoms with Gasteiger partial charge in [-0.25, -0.2) is 0 Å². The first kappa shape index (κ1) is 15.7. The average molecular weight is 343 g/mol. The SMILES string of the molecule is O=C(c1cccnc1)N1CCO[C@H]2CCN(Cc3cccs3)C[C@@H]21. The lowest BCUT2D eigenvalue weighted by Crippen LogP contribution is -2.61. The second kappa shape index (κ2) is 7.01. The highest BCUT2D eigenvalue weighted by atomic mass is 32.1. The summed E-state index contributed by atoms with van der Waals surface area (Å²) in [5, 5.41) is 2.12. The molecule has 2 saturated heterocycles. The topological polar surface area (TPSA) is 45.7 Å². The molecule has 0 radical (unpaired) electrons. The Bertz CT molecular complexity index is 677. The van der Waals surface area contributed by atoms with Gasteiger partial charge in [-0.05, 0) is 30.0 Å². The number of aromatic nitrogens is 1. The lowest BCUT2D eigenvalue weighted by atomic mass is 9.98. The Balaban J connectivity index is 1.49. The number of amides is 1. The lowest BCUT2D eigenvalue weighted by molar-refractivity contribution is -0.0913. The maximum atomic E-state index is 12.9. The summed E-state index contributed by atoms with van der Waals surface area (Å²) in [7, 11) is 0. The minimum Gasteiger partial charge on any atom is -0.374 e. The second-order valence-corrected chi connectivity index (χ2v) is 7.35. The van der Waals surface area contributed by atoms with E-state index in [4.69, 9.17) is 4.74 Å². The zero-order chi connectivity index (χ0) is 16.4. The van der Waals surface area contributed by atoms with Crippen LogP contribution in [0.5, 0.6) is 0 Å². The van der Waals surface area contributed by atoms with E-state index in [9.17, 15) is 4.79 Å². The van der Waals surface area contributed by atoms with Crippen LogP contribution in [0.4, 0.5) is 0 Å². The molecule has 126 valence electrons. The van der Waals surface area contributed by atoms with Crippen molar-refractivity contribution in [3.63, 3.8) is 0 Å². The summed E-state index contributed by atoms with van der Waals surface area (Å²) in [4.78, 5) is 22.8. The molecule has 0 bridgehead atoms. The summed E-state index contributed by atoms with van der Waals surface area (Å²) >= 11 is 1.79. The van der Waals surface area contributed by atoms with Gasteiger partial charge in [-0.2, -0.15) is 0 Å². The number of ether oxygens (including phenoxy) is 1. The average Bonchev–Trinajstić information content (AvgIpc) is 3.14. The maximum Gasteiger partial charge on any atom is 0.255 e. The highest BCUT2D eigenvalue weighted by Gasteiger charge is 2.39. The number of fused-ring (bicyclic) bond motifs is 1. The van der Waals surface area contributed by atoms with Crippen LogP contribution >= 0.6 is 11.3 Å². The lowest BCUT2D eigenvalue weighted by Gasteiger charge is -2.47. The van der Waals surface area contributed by atoms with Crippen molar-refractivity contribution >= 4 is 17.2 Å². The Labute approximate surface area is 145 Å². The van der Waals surface area contributed by atoms with E-state index in [0.717, 1.165) is 26.1 Å². The maximum absolute atomic E-state index is 12.9. The van der Waals surface area contributed by atoms with Crippen LogP contribution in [0.3, 0.4) is 0 Å². The normalized spacial score (nSPS) is 24.6. The van der Waals surface area contributed by atoms with Gasteiger partial charge in [0, 0.05) is 43.4 Å². The van der Waals surface area contributed by atoms with E-state index in [2.05, 4.69) is 27.4 Å². The quantitative estimate of drug-likeness (QED) is 0.858. The highest BCUT2D eigenvalue weighted by Crippen LogP contribution is 2.26. The van der Waals surface area contributed by atoms with Crippen LogP contribution in [0.1, 0.15) is 21.7 Å². The molecule has 6 heteroatoms. The van der Waals surface area contributed by atoms with Gasteiger partial charge in [0.15, 0.2) is 0 Å². The number of carbonyl (C=O) groups excluding carboxylic acids is 1. The van der Waals surface area contributed by atoms with Gasteiger partial charge in [0.25, 0.3) is 5.91 Å². The van der Waals surface area contributed by atoms with Crippen molar-refractivity contribution in [2.45, 2.75) is 25.1 Å². The van der Waals surface area contributed by atoms with Gasteiger partial charge < -0.3 is 9.64 Å². The third-order valence-electron chi connectivity index (χ3n) is 4.80. The Morgan fingerprint density at radius 3 is 3.08 bits per heavy atom. The number of thiophene rings is 1. The number of morpholine rings is 1. The molecule has 4 heterocycles. The Morgan fingerprint density at radius 1 is 1.33 bits per heavy atom. The Hall–Kier alpha value is -1.76. The van der Waals surface area contributed by atoms with Crippen LogP contribution in [-0.2, 0) is 11.3 Å². The largest absolute Gasteiger partial charge is 0.374 e. The number of hydrogen-bond donors (Lipinski definition) is 0. The van der Waals surface area contributed by atoms with Gasteiger partial charge in [0.2, 0.25) is 0 Å². The molecule has 0 spiro atoms.